The van der Waals surface area contributed by atoms with Gasteiger partial charge in [-0.2, -0.15) is 18.3 Å². The number of nitro groups is 1. The summed E-state index contributed by atoms with van der Waals surface area (Å²) < 4.78 is 39.7. The monoisotopic (exact) mass is 376 g/mol. The smallest absolute Gasteiger partial charge is 0.435 e. The summed E-state index contributed by atoms with van der Waals surface area (Å²) in [6.45, 7) is 0. The summed E-state index contributed by atoms with van der Waals surface area (Å²) >= 11 is 5.78. The largest absolute Gasteiger partial charge is 0.478 e. The zero-order chi connectivity index (χ0) is 18.9. The van der Waals surface area contributed by atoms with Crippen molar-refractivity contribution in [3.8, 4) is 0 Å². The van der Waals surface area contributed by atoms with E-state index in [9.17, 15) is 28.1 Å². The maximum absolute atomic E-state index is 13.0. The summed E-state index contributed by atoms with van der Waals surface area (Å²) in [5.74, 6) is -1.52. The summed E-state index contributed by atoms with van der Waals surface area (Å²) in [7, 11) is 1.21. The van der Waals surface area contributed by atoms with Crippen LogP contribution in [-0.4, -0.2) is 30.8 Å². The molecule has 2 aromatic rings. The van der Waals surface area contributed by atoms with Gasteiger partial charge < -0.3 is 5.11 Å². The molecule has 0 saturated carbocycles. The number of pyridine rings is 1. The lowest BCUT2D eigenvalue weighted by Crippen LogP contribution is -2.08. The van der Waals surface area contributed by atoms with Gasteiger partial charge in [-0.05, 0) is 12.2 Å². The van der Waals surface area contributed by atoms with Gasteiger partial charge in [-0.25, -0.2) is 9.78 Å². The molecule has 2 heterocycles. The predicted molar refractivity (Wildman–Crippen MR) is 80.0 cm³/mol. The van der Waals surface area contributed by atoms with Gasteiger partial charge in [0.2, 0.25) is 0 Å². The van der Waals surface area contributed by atoms with Gasteiger partial charge in [-0.3, -0.25) is 14.8 Å². The number of aryl methyl sites for hydroxylation is 1. The molecular formula is C13H8ClF3N4O4. The third kappa shape index (κ3) is 3.76. The normalized spacial score (nSPS) is 11.9. The van der Waals surface area contributed by atoms with Crippen molar-refractivity contribution in [2.45, 2.75) is 6.18 Å². The van der Waals surface area contributed by atoms with Crippen molar-refractivity contribution in [3.05, 3.63) is 50.0 Å². The number of halogens is 4. The Labute approximate surface area is 142 Å². The highest BCUT2D eigenvalue weighted by molar-refractivity contribution is 6.31. The molecule has 1 N–H and O–H groups in total. The zero-order valence-electron chi connectivity index (χ0n) is 12.3. The molecule has 0 aromatic carbocycles. The molecule has 0 spiro atoms. The lowest BCUT2D eigenvalue weighted by molar-refractivity contribution is -0.385. The van der Waals surface area contributed by atoms with Gasteiger partial charge in [0.1, 0.15) is 11.3 Å². The Hall–Kier alpha value is -2.95. The summed E-state index contributed by atoms with van der Waals surface area (Å²) in [4.78, 5) is 24.6. The van der Waals surface area contributed by atoms with Gasteiger partial charge in [0.15, 0.2) is 5.69 Å². The number of carboxylic acid groups (broad SMARTS) is 1. The zero-order valence-corrected chi connectivity index (χ0v) is 13.0. The van der Waals surface area contributed by atoms with Crippen LogP contribution in [0.15, 0.2) is 12.3 Å². The Morgan fingerprint density at radius 2 is 2.08 bits per heavy atom. The molecule has 0 aliphatic rings. The predicted octanol–water partition coefficient (Wildman–Crippen LogP) is 3.26. The maximum Gasteiger partial charge on any atom is 0.435 e. The Kier molecular flexibility index (Phi) is 4.79. The molecule has 0 amide bonds. The SMILES string of the molecule is Cn1nc(C(F)(F)F)c(C=Cc2ncc([N+](=O)[O-])cc2C(=O)O)c1Cl. The topological polar surface area (TPSA) is 111 Å². The van der Waals surface area contributed by atoms with Crippen LogP contribution in [0.4, 0.5) is 18.9 Å². The number of hydrogen-bond acceptors (Lipinski definition) is 5. The molecule has 0 bridgehead atoms. The number of aromatic nitrogens is 3. The van der Waals surface area contributed by atoms with Crippen LogP contribution < -0.4 is 0 Å². The highest BCUT2D eigenvalue weighted by atomic mass is 35.5. The fourth-order valence-electron chi connectivity index (χ4n) is 1.91. The van der Waals surface area contributed by atoms with E-state index in [0.29, 0.717) is 0 Å². The van der Waals surface area contributed by atoms with Gasteiger partial charge in [-0.15, -0.1) is 0 Å². The highest BCUT2D eigenvalue weighted by Gasteiger charge is 2.38. The van der Waals surface area contributed by atoms with E-state index < -0.39 is 39.6 Å². The summed E-state index contributed by atoms with van der Waals surface area (Å²) in [6.07, 6.45) is -2.12. The Morgan fingerprint density at radius 3 is 2.60 bits per heavy atom. The van der Waals surface area contributed by atoms with Crippen LogP contribution >= 0.6 is 11.6 Å². The lowest BCUT2D eigenvalue weighted by atomic mass is 10.1. The number of hydrogen-bond donors (Lipinski definition) is 1. The highest BCUT2D eigenvalue weighted by Crippen LogP contribution is 2.35. The second-order valence-corrected chi connectivity index (χ2v) is 5.05. The van der Waals surface area contributed by atoms with Crippen molar-refractivity contribution >= 4 is 35.4 Å². The van der Waals surface area contributed by atoms with E-state index in [1.54, 1.807) is 0 Å². The van der Waals surface area contributed by atoms with Crippen molar-refractivity contribution in [2.75, 3.05) is 0 Å². The molecule has 132 valence electrons. The van der Waals surface area contributed by atoms with Crippen LogP contribution in [0.1, 0.15) is 27.3 Å². The average molecular weight is 377 g/mol. The number of aromatic carboxylic acids is 1. The molecule has 8 nitrogen and oxygen atoms in total. The number of carbonyl (C=O) groups is 1. The third-order valence-corrected chi connectivity index (χ3v) is 3.48. The molecule has 2 aromatic heterocycles. The van der Waals surface area contributed by atoms with E-state index in [0.717, 1.165) is 29.1 Å². The molecule has 12 heteroatoms. The van der Waals surface area contributed by atoms with E-state index in [1.165, 1.54) is 7.05 Å². The van der Waals surface area contributed by atoms with E-state index in [2.05, 4.69) is 10.1 Å². The number of alkyl halides is 3. The first-order chi connectivity index (χ1) is 11.5. The van der Waals surface area contributed by atoms with Crippen molar-refractivity contribution in [1.82, 2.24) is 14.8 Å². The fourth-order valence-corrected chi connectivity index (χ4v) is 2.10. The molecule has 2 rings (SSSR count). The quantitative estimate of drug-likeness (QED) is 0.647. The van der Waals surface area contributed by atoms with Crippen LogP contribution in [0.5, 0.6) is 0 Å². The van der Waals surface area contributed by atoms with Gasteiger partial charge in [0.25, 0.3) is 5.69 Å². The van der Waals surface area contributed by atoms with E-state index in [1.807, 2.05) is 0 Å². The van der Waals surface area contributed by atoms with Crippen molar-refractivity contribution in [3.63, 3.8) is 0 Å². The summed E-state index contributed by atoms with van der Waals surface area (Å²) in [6, 6.07) is 0.754. The Morgan fingerprint density at radius 1 is 1.44 bits per heavy atom. The van der Waals surface area contributed by atoms with E-state index in [-0.39, 0.29) is 10.8 Å². The van der Waals surface area contributed by atoms with Crippen molar-refractivity contribution in [1.29, 1.82) is 0 Å². The first-order valence-electron chi connectivity index (χ1n) is 6.38. The Balaban J connectivity index is 2.54. The fraction of sp³-hybridized carbons (Fsp3) is 0.154. The second-order valence-electron chi connectivity index (χ2n) is 4.70. The van der Waals surface area contributed by atoms with Crippen LogP contribution in [0.25, 0.3) is 12.2 Å². The molecular weight excluding hydrogens is 369 g/mol. The molecule has 0 unspecified atom stereocenters. The molecule has 0 atom stereocenters. The Bertz CT molecular complexity index is 892. The lowest BCUT2D eigenvalue weighted by Gasteiger charge is -2.03. The molecule has 0 fully saturated rings. The van der Waals surface area contributed by atoms with Crippen LogP contribution in [0, 0.1) is 10.1 Å². The first-order valence-corrected chi connectivity index (χ1v) is 6.75. The molecule has 0 saturated heterocycles. The maximum atomic E-state index is 13.0. The van der Waals surface area contributed by atoms with Crippen LogP contribution in [0.2, 0.25) is 5.15 Å². The molecule has 0 aliphatic carbocycles. The standard InChI is InChI=1S/C13H8ClF3N4O4/c1-20-11(14)7(10(19-20)13(15,16)17)2-3-9-8(12(22)23)4-6(5-18-9)21(24)25/h2-5H,1H3,(H,22,23). The number of rotatable bonds is 4. The van der Waals surface area contributed by atoms with Crippen LogP contribution in [-0.2, 0) is 13.2 Å². The second kappa shape index (κ2) is 6.51. The van der Waals surface area contributed by atoms with Gasteiger partial charge in [-0.1, -0.05) is 11.6 Å². The van der Waals surface area contributed by atoms with E-state index in [4.69, 9.17) is 16.7 Å². The minimum absolute atomic E-state index is 0.272. The van der Waals surface area contributed by atoms with Gasteiger partial charge in [0.05, 0.1) is 16.2 Å². The number of carboxylic acids is 1. The third-order valence-electron chi connectivity index (χ3n) is 3.03. The summed E-state index contributed by atoms with van der Waals surface area (Å²) in [5.41, 5.74) is -3.11. The van der Waals surface area contributed by atoms with Gasteiger partial charge in [0, 0.05) is 18.7 Å². The molecule has 0 aliphatic heterocycles. The number of nitrogens with zero attached hydrogens (tertiary/aromatic N) is 4. The molecule has 0 radical (unpaired) electrons. The van der Waals surface area contributed by atoms with E-state index >= 15 is 0 Å². The molecule has 25 heavy (non-hydrogen) atoms. The first kappa shape index (κ1) is 18.4. The van der Waals surface area contributed by atoms with Crippen molar-refractivity contribution < 1.29 is 28.0 Å². The van der Waals surface area contributed by atoms with Gasteiger partial charge >= 0.3 is 12.1 Å². The van der Waals surface area contributed by atoms with Crippen molar-refractivity contribution in [2.24, 2.45) is 7.05 Å². The summed E-state index contributed by atoms with van der Waals surface area (Å²) in [5, 5.41) is 22.7. The van der Waals surface area contributed by atoms with Crippen LogP contribution in [0.3, 0.4) is 0 Å². The average Bonchev–Trinajstić information content (AvgIpc) is 2.80. The minimum atomic E-state index is -4.77. The minimum Gasteiger partial charge on any atom is -0.478 e.